The van der Waals surface area contributed by atoms with Gasteiger partial charge in [0.25, 0.3) is 11.5 Å². The van der Waals surface area contributed by atoms with E-state index in [0.29, 0.717) is 17.8 Å². The van der Waals surface area contributed by atoms with Crippen molar-refractivity contribution in [3.63, 3.8) is 0 Å². The molecule has 0 fully saturated rings. The van der Waals surface area contributed by atoms with Crippen molar-refractivity contribution in [2.45, 2.75) is 51.9 Å². The molecule has 0 aromatic carbocycles. The van der Waals surface area contributed by atoms with E-state index in [1.165, 1.54) is 17.8 Å². The average Bonchev–Trinajstić information content (AvgIpc) is 3.00. The number of fused-ring (bicyclic) bond motifs is 1. The van der Waals surface area contributed by atoms with Crippen molar-refractivity contribution in [2.75, 3.05) is 5.73 Å². The predicted molar refractivity (Wildman–Crippen MR) is 97.3 cm³/mol. The van der Waals surface area contributed by atoms with Gasteiger partial charge in [-0.15, -0.1) is 11.3 Å². The minimum absolute atomic E-state index is 0.136. The molecule has 0 saturated carbocycles. The number of nitrogens with one attached hydrogen (secondary N) is 1. The molecule has 1 aliphatic carbocycles. The molecule has 0 unspecified atom stereocenters. The van der Waals surface area contributed by atoms with Crippen LogP contribution in [0.15, 0.2) is 6.07 Å². The van der Waals surface area contributed by atoms with Gasteiger partial charge >= 0.3 is 0 Å². The fraction of sp³-hybridized carbons (Fsp3) is 0.444. The summed E-state index contributed by atoms with van der Waals surface area (Å²) in [6.07, 6.45) is 6.84. The highest BCUT2D eigenvalue weighted by Crippen LogP contribution is 2.41. The third kappa shape index (κ3) is 3.22. The molecule has 2 aromatic rings. The number of nitrogens with zero attached hydrogens (tertiary/aromatic N) is 2. The number of nitrogens with two attached hydrogens (primary N) is 1. The van der Waals surface area contributed by atoms with Gasteiger partial charge in [0, 0.05) is 28.5 Å². The molecule has 3 rings (SSSR count). The van der Waals surface area contributed by atoms with Gasteiger partial charge in [0.1, 0.15) is 17.3 Å². The van der Waals surface area contributed by atoms with Crippen molar-refractivity contribution in [3.05, 3.63) is 37.9 Å². The number of nitro groups is 1. The van der Waals surface area contributed by atoms with Gasteiger partial charge in [-0.25, -0.2) is 4.98 Å². The Bertz CT molecular complexity index is 867. The number of pyridine rings is 1. The molecule has 2 heterocycles. The average molecular weight is 357 g/mol. The Morgan fingerprint density at radius 1 is 1.36 bits per heavy atom. The fourth-order valence-corrected chi connectivity index (χ4v) is 4.67. The van der Waals surface area contributed by atoms with Gasteiger partial charge in [-0.05, 0) is 25.7 Å². The molecule has 0 radical (unpaired) electrons. The monoisotopic (exact) mass is 357 g/mol. The molecule has 3 N–H and O–H groups in total. The second-order valence-electron chi connectivity index (χ2n) is 6.30. The van der Waals surface area contributed by atoms with Crippen LogP contribution >= 0.6 is 11.3 Å². The molecular weight excluding hydrogens is 336 g/mol. The van der Waals surface area contributed by atoms with Gasteiger partial charge in [-0.2, -0.15) is 5.26 Å². The first-order valence-electron chi connectivity index (χ1n) is 8.60. The van der Waals surface area contributed by atoms with Gasteiger partial charge in [0.05, 0.1) is 9.80 Å². The van der Waals surface area contributed by atoms with Crippen LogP contribution in [0.3, 0.4) is 0 Å². The maximum absolute atomic E-state index is 11.4. The van der Waals surface area contributed by atoms with E-state index in [9.17, 15) is 15.4 Å². The van der Waals surface area contributed by atoms with Crippen LogP contribution in [-0.2, 0) is 19.3 Å². The van der Waals surface area contributed by atoms with Gasteiger partial charge in [0.15, 0.2) is 0 Å². The quantitative estimate of drug-likeness (QED) is 0.665. The Balaban J connectivity index is 2.27. The zero-order valence-corrected chi connectivity index (χ0v) is 15.0. The summed E-state index contributed by atoms with van der Waals surface area (Å²) in [5.41, 5.74) is 9.62. The molecule has 130 valence electrons. The van der Waals surface area contributed by atoms with E-state index in [-0.39, 0.29) is 10.6 Å². The normalized spacial score (nSPS) is 14.2. The van der Waals surface area contributed by atoms with Crippen LogP contribution in [0.2, 0.25) is 0 Å². The lowest BCUT2D eigenvalue weighted by Crippen LogP contribution is -2.23. The molecule has 25 heavy (non-hydrogen) atoms. The smallest absolute Gasteiger partial charge is 0.286 e. The highest BCUT2D eigenvalue weighted by atomic mass is 32.1. The number of aromatic amines is 1. The molecule has 7 heteroatoms. The molecular formula is C18H21N4O2S+. The number of rotatable bonds is 3. The zero-order chi connectivity index (χ0) is 18.0. The standard InChI is InChI=1S/C18H20N4O2S/c1-2-15-14(22(23)24)9-16(25-15)17-11-7-5-3-4-6-8-13(11)21-18(20)12(17)10-19/h9H,2-8H2,1H3,(H2,20,21)/p+1. The van der Waals surface area contributed by atoms with E-state index >= 15 is 0 Å². The SMILES string of the molecule is CCc1sc(-c2c(C#N)c(N)[nH+]c3c2CCCCCC3)cc1[N+](=O)[O-]. The van der Waals surface area contributed by atoms with Crippen LogP contribution < -0.4 is 10.7 Å². The third-order valence-electron chi connectivity index (χ3n) is 4.74. The van der Waals surface area contributed by atoms with E-state index in [1.807, 2.05) is 6.92 Å². The number of H-pyrrole nitrogens is 1. The van der Waals surface area contributed by atoms with Crippen LogP contribution in [0, 0.1) is 21.4 Å². The second kappa shape index (κ2) is 7.19. The minimum Gasteiger partial charge on any atom is -0.286 e. The number of anilines is 1. The Hall–Kier alpha value is -2.46. The van der Waals surface area contributed by atoms with Crippen molar-refractivity contribution in [2.24, 2.45) is 0 Å². The van der Waals surface area contributed by atoms with Crippen molar-refractivity contribution in [3.8, 4) is 16.5 Å². The molecule has 0 amide bonds. The Morgan fingerprint density at radius 3 is 2.68 bits per heavy atom. The van der Waals surface area contributed by atoms with Crippen molar-refractivity contribution >= 4 is 22.8 Å². The van der Waals surface area contributed by atoms with E-state index < -0.39 is 0 Å². The van der Waals surface area contributed by atoms with Crippen molar-refractivity contribution in [1.82, 2.24) is 0 Å². The number of hydrogen-bond acceptors (Lipinski definition) is 5. The van der Waals surface area contributed by atoms with Crippen molar-refractivity contribution in [1.29, 1.82) is 5.26 Å². The molecule has 1 aliphatic rings. The summed E-state index contributed by atoms with van der Waals surface area (Å²) in [5.74, 6) is 0.353. The van der Waals surface area contributed by atoms with E-state index in [4.69, 9.17) is 5.73 Å². The summed E-state index contributed by atoms with van der Waals surface area (Å²) in [4.78, 5) is 15.7. The van der Waals surface area contributed by atoms with E-state index in [1.54, 1.807) is 6.07 Å². The molecule has 6 nitrogen and oxygen atoms in total. The maximum atomic E-state index is 11.4. The molecule has 0 atom stereocenters. The summed E-state index contributed by atoms with van der Waals surface area (Å²) in [6, 6.07) is 3.81. The van der Waals surface area contributed by atoms with Crippen LogP contribution in [0.1, 0.15) is 54.3 Å². The first-order chi connectivity index (χ1) is 12.1. The van der Waals surface area contributed by atoms with Crippen LogP contribution in [0.25, 0.3) is 10.4 Å². The van der Waals surface area contributed by atoms with E-state index in [0.717, 1.165) is 58.7 Å². The van der Waals surface area contributed by atoms with Crippen LogP contribution in [0.5, 0.6) is 0 Å². The predicted octanol–water partition coefficient (Wildman–Crippen LogP) is 3.81. The molecule has 0 bridgehead atoms. The van der Waals surface area contributed by atoms with Crippen LogP contribution in [-0.4, -0.2) is 4.92 Å². The number of nitriles is 1. The lowest BCUT2D eigenvalue weighted by Gasteiger charge is -2.16. The maximum Gasteiger partial charge on any atom is 0.289 e. The van der Waals surface area contributed by atoms with Gasteiger partial charge in [-0.3, -0.25) is 15.8 Å². The van der Waals surface area contributed by atoms with Gasteiger partial charge in [-0.1, -0.05) is 19.8 Å². The Kier molecular flexibility index (Phi) is 5.00. The lowest BCUT2D eigenvalue weighted by molar-refractivity contribution is -0.385. The number of aromatic nitrogens is 1. The summed E-state index contributed by atoms with van der Waals surface area (Å²) >= 11 is 1.40. The topological polar surface area (TPSA) is 107 Å². The van der Waals surface area contributed by atoms with Crippen LogP contribution in [0.4, 0.5) is 11.5 Å². The number of thiophene rings is 1. The Labute approximate surface area is 150 Å². The highest BCUT2D eigenvalue weighted by Gasteiger charge is 2.27. The summed E-state index contributed by atoms with van der Waals surface area (Å²) in [7, 11) is 0. The minimum atomic E-state index is -0.340. The zero-order valence-electron chi connectivity index (χ0n) is 14.2. The summed E-state index contributed by atoms with van der Waals surface area (Å²) in [5, 5.41) is 21.0. The van der Waals surface area contributed by atoms with Gasteiger partial charge < -0.3 is 0 Å². The molecule has 0 spiro atoms. The van der Waals surface area contributed by atoms with Gasteiger partial charge in [0.2, 0.25) is 0 Å². The largest absolute Gasteiger partial charge is 0.289 e. The van der Waals surface area contributed by atoms with E-state index in [2.05, 4.69) is 11.1 Å². The summed E-state index contributed by atoms with van der Waals surface area (Å²) < 4.78 is 0. The number of nitrogen functional groups attached to an aromatic ring is 1. The fourth-order valence-electron chi connectivity index (χ4n) is 3.52. The summed E-state index contributed by atoms with van der Waals surface area (Å²) in [6.45, 7) is 1.91. The second-order valence-corrected chi connectivity index (χ2v) is 7.44. The first-order valence-corrected chi connectivity index (χ1v) is 9.42. The van der Waals surface area contributed by atoms with Crippen molar-refractivity contribution < 1.29 is 9.91 Å². The third-order valence-corrected chi connectivity index (χ3v) is 6.02. The lowest BCUT2D eigenvalue weighted by atomic mass is 9.90. The Morgan fingerprint density at radius 2 is 2.08 bits per heavy atom. The highest BCUT2D eigenvalue weighted by molar-refractivity contribution is 7.16. The molecule has 2 aromatic heterocycles. The molecule has 0 saturated heterocycles. The first kappa shape index (κ1) is 17.4. The number of hydrogen-bond donors (Lipinski definition) is 1. The molecule has 0 aliphatic heterocycles. The number of aryl methyl sites for hydroxylation is 2.